The van der Waals surface area contributed by atoms with Gasteiger partial charge in [0.05, 0.1) is 6.07 Å². The quantitative estimate of drug-likeness (QED) is 0.239. The standard InChI is InChI=1S/C22H40N2O/c1-4-5-15-18-22(25)24(21(2)3)20-17-14-12-10-8-6-7-9-11-13-16-19-23/h8,10,21H,4-7,9,11-18,20H2,1-3H3/b10-8-. The van der Waals surface area contributed by atoms with Crippen LogP contribution in [-0.2, 0) is 4.79 Å². The molecule has 1 amide bonds. The van der Waals surface area contributed by atoms with Crippen molar-refractivity contribution in [3.8, 4) is 6.07 Å². The first kappa shape index (κ1) is 23.7. The number of rotatable bonds is 16. The molecular formula is C22H40N2O. The summed E-state index contributed by atoms with van der Waals surface area (Å²) in [4.78, 5) is 14.3. The second kappa shape index (κ2) is 17.5. The van der Waals surface area contributed by atoms with Crippen molar-refractivity contribution in [2.75, 3.05) is 6.54 Å². The van der Waals surface area contributed by atoms with Crippen molar-refractivity contribution in [3.63, 3.8) is 0 Å². The van der Waals surface area contributed by atoms with Crippen LogP contribution in [0.1, 0.15) is 104 Å². The molecular weight excluding hydrogens is 308 g/mol. The molecule has 25 heavy (non-hydrogen) atoms. The van der Waals surface area contributed by atoms with E-state index in [2.05, 4.69) is 43.9 Å². The van der Waals surface area contributed by atoms with Crippen LogP contribution in [0.5, 0.6) is 0 Å². The Labute approximate surface area is 156 Å². The van der Waals surface area contributed by atoms with Crippen LogP contribution in [0.15, 0.2) is 12.2 Å². The zero-order valence-corrected chi connectivity index (χ0v) is 16.9. The molecule has 0 atom stereocenters. The lowest BCUT2D eigenvalue weighted by atomic mass is 10.1. The van der Waals surface area contributed by atoms with Crippen LogP contribution >= 0.6 is 0 Å². The highest BCUT2D eigenvalue weighted by atomic mass is 16.2. The fourth-order valence-electron chi connectivity index (χ4n) is 2.94. The summed E-state index contributed by atoms with van der Waals surface area (Å²) in [5.74, 6) is 0.329. The SMILES string of the molecule is CCCCCC(=O)N(CCCC/C=C\CCCCCCC#N)C(C)C. The van der Waals surface area contributed by atoms with Gasteiger partial charge in [-0.1, -0.05) is 44.8 Å². The maximum atomic E-state index is 12.3. The zero-order chi connectivity index (χ0) is 18.8. The van der Waals surface area contributed by atoms with Crippen molar-refractivity contribution in [2.24, 2.45) is 0 Å². The summed E-state index contributed by atoms with van der Waals surface area (Å²) in [6, 6.07) is 2.50. The fraction of sp³-hybridized carbons (Fsp3) is 0.818. The van der Waals surface area contributed by atoms with E-state index in [-0.39, 0.29) is 0 Å². The van der Waals surface area contributed by atoms with Gasteiger partial charge in [-0.25, -0.2) is 0 Å². The van der Waals surface area contributed by atoms with Gasteiger partial charge in [0.2, 0.25) is 5.91 Å². The van der Waals surface area contributed by atoms with Gasteiger partial charge in [0.1, 0.15) is 0 Å². The molecule has 3 heteroatoms. The molecule has 0 unspecified atom stereocenters. The Morgan fingerprint density at radius 1 is 0.960 bits per heavy atom. The van der Waals surface area contributed by atoms with Gasteiger partial charge in [-0.05, 0) is 58.8 Å². The smallest absolute Gasteiger partial charge is 0.222 e. The summed E-state index contributed by atoms with van der Waals surface area (Å²) in [7, 11) is 0. The Kier molecular flexibility index (Phi) is 16.6. The van der Waals surface area contributed by atoms with Crippen LogP contribution in [0, 0.1) is 11.3 Å². The highest BCUT2D eigenvalue weighted by molar-refractivity contribution is 5.76. The van der Waals surface area contributed by atoms with E-state index in [4.69, 9.17) is 5.26 Å². The molecule has 144 valence electrons. The van der Waals surface area contributed by atoms with Crippen molar-refractivity contribution < 1.29 is 4.79 Å². The number of hydrogen-bond donors (Lipinski definition) is 0. The van der Waals surface area contributed by atoms with Gasteiger partial charge < -0.3 is 4.90 Å². The number of nitrogens with zero attached hydrogens (tertiary/aromatic N) is 2. The Bertz CT molecular complexity index is 382. The number of allylic oxidation sites excluding steroid dienone is 2. The summed E-state index contributed by atoms with van der Waals surface area (Å²) in [5, 5.41) is 8.47. The molecule has 0 fully saturated rings. The van der Waals surface area contributed by atoms with E-state index in [0.717, 1.165) is 51.5 Å². The molecule has 0 aromatic rings. The van der Waals surface area contributed by atoms with Gasteiger partial charge in [-0.15, -0.1) is 0 Å². The topological polar surface area (TPSA) is 44.1 Å². The van der Waals surface area contributed by atoms with Crippen molar-refractivity contribution in [1.82, 2.24) is 4.90 Å². The summed E-state index contributed by atoms with van der Waals surface area (Å²) in [5.41, 5.74) is 0. The first-order chi connectivity index (χ1) is 12.1. The minimum absolute atomic E-state index is 0.311. The van der Waals surface area contributed by atoms with Gasteiger partial charge in [-0.2, -0.15) is 5.26 Å². The van der Waals surface area contributed by atoms with Crippen molar-refractivity contribution in [3.05, 3.63) is 12.2 Å². The molecule has 3 nitrogen and oxygen atoms in total. The predicted molar refractivity (Wildman–Crippen MR) is 107 cm³/mol. The number of amides is 1. The average Bonchev–Trinajstić information content (AvgIpc) is 2.58. The fourth-order valence-corrected chi connectivity index (χ4v) is 2.94. The van der Waals surface area contributed by atoms with E-state index >= 15 is 0 Å². The molecule has 0 aliphatic rings. The first-order valence-corrected chi connectivity index (χ1v) is 10.4. The lowest BCUT2D eigenvalue weighted by Gasteiger charge is -2.27. The first-order valence-electron chi connectivity index (χ1n) is 10.4. The summed E-state index contributed by atoms with van der Waals surface area (Å²) in [6.07, 6.45) is 18.5. The van der Waals surface area contributed by atoms with Crippen LogP contribution in [0.4, 0.5) is 0 Å². The summed E-state index contributed by atoms with van der Waals surface area (Å²) in [6.45, 7) is 7.31. The van der Waals surface area contributed by atoms with Crippen LogP contribution in [-0.4, -0.2) is 23.4 Å². The molecule has 0 aliphatic heterocycles. The predicted octanol–water partition coefficient (Wildman–Crippen LogP) is 6.39. The minimum Gasteiger partial charge on any atom is -0.340 e. The van der Waals surface area contributed by atoms with Crippen molar-refractivity contribution in [2.45, 2.75) is 110 Å². The maximum absolute atomic E-state index is 12.3. The van der Waals surface area contributed by atoms with E-state index in [1.807, 2.05) is 0 Å². The number of nitriles is 1. The third-order valence-corrected chi connectivity index (χ3v) is 4.53. The van der Waals surface area contributed by atoms with Gasteiger partial charge in [0, 0.05) is 25.4 Å². The van der Waals surface area contributed by atoms with E-state index in [1.54, 1.807) is 0 Å². The van der Waals surface area contributed by atoms with Gasteiger partial charge in [0.15, 0.2) is 0 Å². The van der Waals surface area contributed by atoms with Crippen LogP contribution in [0.25, 0.3) is 0 Å². The molecule has 0 spiro atoms. The van der Waals surface area contributed by atoms with Crippen molar-refractivity contribution >= 4 is 5.91 Å². The van der Waals surface area contributed by atoms with Crippen LogP contribution in [0.2, 0.25) is 0 Å². The summed E-state index contributed by atoms with van der Waals surface area (Å²) >= 11 is 0. The number of carbonyl (C=O) groups is 1. The van der Waals surface area contributed by atoms with Gasteiger partial charge >= 0.3 is 0 Å². The van der Waals surface area contributed by atoms with E-state index in [1.165, 1.54) is 25.7 Å². The Morgan fingerprint density at radius 3 is 2.20 bits per heavy atom. The molecule has 0 radical (unpaired) electrons. The molecule has 0 aromatic carbocycles. The number of unbranched alkanes of at least 4 members (excludes halogenated alkanes) is 9. The zero-order valence-electron chi connectivity index (χ0n) is 16.9. The molecule has 0 rings (SSSR count). The van der Waals surface area contributed by atoms with Crippen molar-refractivity contribution in [1.29, 1.82) is 5.26 Å². The molecule has 0 heterocycles. The lowest BCUT2D eigenvalue weighted by molar-refractivity contribution is -0.133. The molecule has 0 saturated heterocycles. The highest BCUT2D eigenvalue weighted by Gasteiger charge is 2.15. The normalized spacial score (nSPS) is 11.2. The second-order valence-corrected chi connectivity index (χ2v) is 7.22. The second-order valence-electron chi connectivity index (χ2n) is 7.22. The number of carbonyl (C=O) groups excluding carboxylic acids is 1. The Balaban J connectivity index is 3.69. The Hall–Kier alpha value is -1.30. The molecule has 0 saturated carbocycles. The monoisotopic (exact) mass is 348 g/mol. The number of hydrogen-bond acceptors (Lipinski definition) is 2. The maximum Gasteiger partial charge on any atom is 0.222 e. The highest BCUT2D eigenvalue weighted by Crippen LogP contribution is 2.10. The van der Waals surface area contributed by atoms with Gasteiger partial charge in [0.25, 0.3) is 0 Å². The largest absolute Gasteiger partial charge is 0.340 e. The molecule has 0 aromatic heterocycles. The minimum atomic E-state index is 0.311. The third kappa shape index (κ3) is 14.7. The van der Waals surface area contributed by atoms with E-state index in [0.29, 0.717) is 24.8 Å². The van der Waals surface area contributed by atoms with E-state index < -0.39 is 0 Å². The molecule has 0 bridgehead atoms. The van der Waals surface area contributed by atoms with E-state index in [9.17, 15) is 4.79 Å². The lowest BCUT2D eigenvalue weighted by Crippen LogP contribution is -2.37. The molecule has 0 N–H and O–H groups in total. The molecule has 0 aliphatic carbocycles. The summed E-state index contributed by atoms with van der Waals surface area (Å²) < 4.78 is 0. The average molecular weight is 349 g/mol. The third-order valence-electron chi connectivity index (χ3n) is 4.53. The van der Waals surface area contributed by atoms with Gasteiger partial charge in [-0.3, -0.25) is 4.79 Å². The Morgan fingerprint density at radius 2 is 1.60 bits per heavy atom. The van der Waals surface area contributed by atoms with Crippen LogP contribution in [0.3, 0.4) is 0 Å². The van der Waals surface area contributed by atoms with Crippen LogP contribution < -0.4 is 0 Å².